The van der Waals surface area contributed by atoms with Crippen molar-refractivity contribution in [1.82, 2.24) is 4.98 Å². The van der Waals surface area contributed by atoms with Gasteiger partial charge in [-0.1, -0.05) is 0 Å². The number of aromatic amines is 1. The summed E-state index contributed by atoms with van der Waals surface area (Å²) < 4.78 is 0.286. The summed E-state index contributed by atoms with van der Waals surface area (Å²) >= 11 is 0. The molecule has 0 fully saturated rings. The van der Waals surface area contributed by atoms with Crippen molar-refractivity contribution in [3.05, 3.63) is 30.0 Å². The number of hydrogen-bond donors (Lipinski definition) is 2. The van der Waals surface area contributed by atoms with Crippen LogP contribution in [0.4, 0.5) is 0 Å². The van der Waals surface area contributed by atoms with Gasteiger partial charge in [0.15, 0.2) is 0 Å². The predicted octanol–water partition coefficient (Wildman–Crippen LogP) is 0.241. The maximum atomic E-state index is 11.3. The molecule has 19 heavy (non-hydrogen) atoms. The van der Waals surface area contributed by atoms with E-state index in [1.54, 1.807) is 24.4 Å². The van der Waals surface area contributed by atoms with E-state index in [1.165, 1.54) is 0 Å². The third-order valence-electron chi connectivity index (χ3n) is 3.37. The molecule has 0 bridgehead atoms. The largest absolute Gasteiger partial charge is 0.544 e. The summed E-state index contributed by atoms with van der Waals surface area (Å²) in [5.74, 6) is -0.898. The molecule has 2 aromatic rings. The fourth-order valence-corrected chi connectivity index (χ4v) is 2.22. The van der Waals surface area contributed by atoms with Gasteiger partial charge < -0.3 is 24.5 Å². The number of nitrogens with zero attached hydrogens (tertiary/aromatic N) is 1. The van der Waals surface area contributed by atoms with Crippen molar-refractivity contribution in [2.45, 2.75) is 12.5 Å². The smallest absolute Gasteiger partial charge is 0.133 e. The monoisotopic (exact) mass is 262 g/mol. The lowest BCUT2D eigenvalue weighted by molar-refractivity contribution is -0.889. The van der Waals surface area contributed by atoms with Gasteiger partial charge in [0.25, 0.3) is 0 Å². The Morgan fingerprint density at radius 2 is 2.11 bits per heavy atom. The van der Waals surface area contributed by atoms with Gasteiger partial charge in [-0.15, -0.1) is 0 Å². The van der Waals surface area contributed by atoms with E-state index in [4.69, 9.17) is 0 Å². The standard InChI is InChI=1S/C14H18N2O3/c1-16(2,3)13(14(18)19)6-9-8-15-12-5-4-10(17)7-11(9)12/h4-5,7-8,13,15H,6H2,1-3H3,(H-,17,18,19). The summed E-state index contributed by atoms with van der Waals surface area (Å²) in [6.45, 7) is 0. The van der Waals surface area contributed by atoms with Gasteiger partial charge in [-0.2, -0.15) is 0 Å². The van der Waals surface area contributed by atoms with Gasteiger partial charge in [0.05, 0.1) is 27.1 Å². The van der Waals surface area contributed by atoms with Crippen molar-refractivity contribution in [3.63, 3.8) is 0 Å². The van der Waals surface area contributed by atoms with Crippen LogP contribution in [0.1, 0.15) is 5.56 Å². The molecular weight excluding hydrogens is 244 g/mol. The molecule has 0 aliphatic heterocycles. The zero-order valence-corrected chi connectivity index (χ0v) is 11.3. The lowest BCUT2D eigenvalue weighted by atomic mass is 10.0. The Morgan fingerprint density at radius 1 is 1.42 bits per heavy atom. The Kier molecular flexibility index (Phi) is 3.24. The van der Waals surface area contributed by atoms with Crippen molar-refractivity contribution in [2.75, 3.05) is 21.1 Å². The molecule has 1 aromatic carbocycles. The number of carboxylic acids is 1. The van der Waals surface area contributed by atoms with Gasteiger partial charge in [0, 0.05) is 23.5 Å². The highest BCUT2D eigenvalue weighted by atomic mass is 16.4. The van der Waals surface area contributed by atoms with Crippen molar-refractivity contribution >= 4 is 16.9 Å². The number of rotatable bonds is 4. The number of fused-ring (bicyclic) bond motifs is 1. The molecule has 1 unspecified atom stereocenters. The van der Waals surface area contributed by atoms with Crippen LogP contribution in [-0.2, 0) is 11.2 Å². The number of aromatic nitrogens is 1. The zero-order valence-electron chi connectivity index (χ0n) is 11.3. The molecule has 0 radical (unpaired) electrons. The van der Waals surface area contributed by atoms with Crippen molar-refractivity contribution in [1.29, 1.82) is 0 Å². The molecule has 0 aliphatic carbocycles. The maximum absolute atomic E-state index is 11.3. The van der Waals surface area contributed by atoms with Crippen molar-refractivity contribution in [2.24, 2.45) is 0 Å². The minimum atomic E-state index is -1.07. The van der Waals surface area contributed by atoms with E-state index in [9.17, 15) is 15.0 Å². The van der Waals surface area contributed by atoms with Gasteiger partial charge in [-0.05, 0) is 23.8 Å². The first-order valence-corrected chi connectivity index (χ1v) is 6.10. The average Bonchev–Trinajstić information content (AvgIpc) is 2.66. The van der Waals surface area contributed by atoms with Crippen LogP contribution < -0.4 is 5.11 Å². The molecule has 102 valence electrons. The topological polar surface area (TPSA) is 76.1 Å². The Balaban J connectivity index is 2.39. The molecule has 2 rings (SSSR count). The summed E-state index contributed by atoms with van der Waals surface area (Å²) in [6.07, 6.45) is 2.14. The Morgan fingerprint density at radius 3 is 2.68 bits per heavy atom. The highest BCUT2D eigenvalue weighted by molar-refractivity contribution is 5.85. The quantitative estimate of drug-likeness (QED) is 0.775. The van der Waals surface area contributed by atoms with Crippen LogP contribution in [0.3, 0.4) is 0 Å². The highest BCUT2D eigenvalue weighted by Gasteiger charge is 2.26. The minimum absolute atomic E-state index is 0.170. The number of likely N-dealkylation sites (N-methyl/N-ethyl adjacent to an activating group) is 1. The number of H-pyrrole nitrogens is 1. The number of carbonyl (C=O) groups excluding carboxylic acids is 1. The molecule has 5 heteroatoms. The number of phenols is 1. The Bertz CT molecular complexity index is 611. The molecule has 1 atom stereocenters. The second-order valence-electron chi connectivity index (χ2n) is 5.70. The van der Waals surface area contributed by atoms with Crippen LogP contribution in [0.15, 0.2) is 24.4 Å². The second-order valence-corrected chi connectivity index (χ2v) is 5.70. The van der Waals surface area contributed by atoms with Gasteiger partial charge in [0.1, 0.15) is 11.8 Å². The van der Waals surface area contributed by atoms with E-state index in [2.05, 4.69) is 4.98 Å². The average molecular weight is 262 g/mol. The predicted molar refractivity (Wildman–Crippen MR) is 70.5 cm³/mol. The molecule has 0 aliphatic rings. The third-order valence-corrected chi connectivity index (χ3v) is 3.37. The van der Waals surface area contributed by atoms with Crippen LogP contribution in [0.2, 0.25) is 0 Å². The van der Waals surface area contributed by atoms with Gasteiger partial charge >= 0.3 is 0 Å². The number of hydrogen-bond acceptors (Lipinski definition) is 3. The zero-order chi connectivity index (χ0) is 14.2. The summed E-state index contributed by atoms with van der Waals surface area (Å²) in [7, 11) is 5.48. The van der Waals surface area contributed by atoms with Crippen LogP contribution in [0, 0.1) is 0 Å². The summed E-state index contributed by atoms with van der Waals surface area (Å²) in [5.41, 5.74) is 1.75. The maximum Gasteiger partial charge on any atom is 0.133 e. The van der Waals surface area contributed by atoms with E-state index in [0.29, 0.717) is 6.42 Å². The number of aliphatic carboxylic acids is 1. The first kappa shape index (κ1) is 13.4. The highest BCUT2D eigenvalue weighted by Crippen LogP contribution is 2.25. The fourth-order valence-electron chi connectivity index (χ4n) is 2.22. The fraction of sp³-hybridized carbons (Fsp3) is 0.357. The van der Waals surface area contributed by atoms with E-state index in [1.807, 2.05) is 21.1 Å². The number of carbonyl (C=O) groups is 1. The first-order chi connectivity index (χ1) is 8.79. The molecule has 0 spiro atoms. The normalized spacial score (nSPS) is 13.6. The van der Waals surface area contributed by atoms with Gasteiger partial charge in [-0.3, -0.25) is 0 Å². The van der Waals surface area contributed by atoms with E-state index in [0.717, 1.165) is 16.5 Å². The molecular formula is C14H18N2O3. The summed E-state index contributed by atoms with van der Waals surface area (Å²) in [4.78, 5) is 14.4. The first-order valence-electron chi connectivity index (χ1n) is 6.10. The molecule has 1 aromatic heterocycles. The SMILES string of the molecule is C[N+](C)(C)C(Cc1c[nH]c2ccc(O)cc12)C(=O)[O-]. The number of quaternary nitrogens is 1. The van der Waals surface area contributed by atoms with Gasteiger partial charge in [0.2, 0.25) is 0 Å². The Hall–Kier alpha value is -2.01. The third kappa shape index (κ3) is 2.71. The lowest BCUT2D eigenvalue weighted by Gasteiger charge is -2.34. The van der Waals surface area contributed by atoms with E-state index in [-0.39, 0.29) is 10.2 Å². The van der Waals surface area contributed by atoms with E-state index >= 15 is 0 Å². The number of benzene rings is 1. The minimum Gasteiger partial charge on any atom is -0.544 e. The number of nitrogens with one attached hydrogen (secondary N) is 1. The number of aromatic hydroxyl groups is 1. The Labute approximate surface area is 111 Å². The molecule has 2 N–H and O–H groups in total. The van der Waals surface area contributed by atoms with Gasteiger partial charge in [-0.25, -0.2) is 0 Å². The molecule has 0 saturated carbocycles. The molecule has 0 amide bonds. The van der Waals surface area contributed by atoms with Crippen molar-refractivity contribution < 1.29 is 19.5 Å². The molecule has 5 nitrogen and oxygen atoms in total. The number of carboxylic acid groups (broad SMARTS) is 1. The van der Waals surface area contributed by atoms with Crippen molar-refractivity contribution in [3.8, 4) is 5.75 Å². The van der Waals surface area contributed by atoms with Crippen LogP contribution >= 0.6 is 0 Å². The second kappa shape index (κ2) is 4.59. The van der Waals surface area contributed by atoms with Crippen LogP contribution in [0.25, 0.3) is 10.9 Å². The molecule has 0 saturated heterocycles. The summed E-state index contributed by atoms with van der Waals surface area (Å²) in [5, 5.41) is 21.7. The van der Waals surface area contributed by atoms with E-state index < -0.39 is 12.0 Å². The van der Waals surface area contributed by atoms with Crippen LogP contribution in [-0.4, -0.2) is 47.7 Å². The lowest BCUT2D eigenvalue weighted by Crippen LogP contribution is -2.55. The summed E-state index contributed by atoms with van der Waals surface area (Å²) in [6, 6.07) is 4.37. The number of phenolic OH excluding ortho intramolecular Hbond substituents is 1. The van der Waals surface area contributed by atoms with Crippen LogP contribution in [0.5, 0.6) is 5.75 Å². The molecule has 1 heterocycles.